The number of nitrogens with one attached hydrogen (secondary N) is 1. The van der Waals surface area contributed by atoms with Crippen LogP contribution in [0, 0.1) is 0 Å². The molecule has 1 aromatic carbocycles. The van der Waals surface area contributed by atoms with Gasteiger partial charge in [-0.3, -0.25) is 14.3 Å². The van der Waals surface area contributed by atoms with Gasteiger partial charge < -0.3 is 10.2 Å². The van der Waals surface area contributed by atoms with E-state index in [1.165, 1.54) is 5.56 Å². The van der Waals surface area contributed by atoms with Crippen molar-refractivity contribution < 1.29 is 0 Å². The fourth-order valence-corrected chi connectivity index (χ4v) is 3.46. The summed E-state index contributed by atoms with van der Waals surface area (Å²) in [5, 5.41) is 4.25. The summed E-state index contributed by atoms with van der Waals surface area (Å²) in [5.41, 5.74) is 2.64. The zero-order valence-corrected chi connectivity index (χ0v) is 15.7. The summed E-state index contributed by atoms with van der Waals surface area (Å²) in [6, 6.07) is 13.3. The highest BCUT2D eigenvalue weighted by atomic mass is 35.5. The van der Waals surface area contributed by atoms with E-state index in [0.29, 0.717) is 11.6 Å². The van der Waals surface area contributed by atoms with Crippen molar-refractivity contribution >= 4 is 17.5 Å². The summed E-state index contributed by atoms with van der Waals surface area (Å²) >= 11 is 6.01. The van der Waals surface area contributed by atoms with Crippen molar-refractivity contribution in [3.05, 3.63) is 75.8 Å². The molecule has 0 aliphatic carbocycles. The van der Waals surface area contributed by atoms with Gasteiger partial charge in [-0.25, -0.2) is 4.98 Å². The van der Waals surface area contributed by atoms with Gasteiger partial charge in [-0.1, -0.05) is 23.7 Å². The lowest BCUT2D eigenvalue weighted by Gasteiger charge is -2.35. The molecular formula is C20H20ClN5O. The first kappa shape index (κ1) is 17.7. The van der Waals surface area contributed by atoms with Gasteiger partial charge >= 0.3 is 0 Å². The van der Waals surface area contributed by atoms with E-state index in [1.807, 2.05) is 36.4 Å². The van der Waals surface area contributed by atoms with E-state index in [0.717, 1.165) is 30.2 Å². The highest BCUT2D eigenvalue weighted by Crippen LogP contribution is 2.23. The maximum absolute atomic E-state index is 12.5. The lowest BCUT2D eigenvalue weighted by Crippen LogP contribution is -2.47. The molecular weight excluding hydrogens is 362 g/mol. The number of anilines is 1. The third-order valence-electron chi connectivity index (χ3n) is 4.82. The molecule has 1 aliphatic heterocycles. The zero-order valence-electron chi connectivity index (χ0n) is 15.0. The van der Waals surface area contributed by atoms with Crippen LogP contribution >= 0.6 is 11.6 Å². The SMILES string of the molecule is Cn1c(N2CCNC(c3ccc(Cl)cc3)C2)nc(-c2ccncc2)cc1=O. The minimum Gasteiger partial charge on any atom is -0.339 e. The minimum atomic E-state index is -0.0756. The Bertz CT molecular complexity index is 988. The lowest BCUT2D eigenvalue weighted by atomic mass is 10.0. The highest BCUT2D eigenvalue weighted by Gasteiger charge is 2.24. The molecule has 3 heterocycles. The van der Waals surface area contributed by atoms with Gasteiger partial charge in [-0.05, 0) is 29.8 Å². The van der Waals surface area contributed by atoms with Crippen LogP contribution < -0.4 is 15.8 Å². The summed E-state index contributed by atoms with van der Waals surface area (Å²) in [5.74, 6) is 0.676. The standard InChI is InChI=1S/C20H20ClN5O/c1-25-19(27)12-17(15-6-8-22-9-7-15)24-20(25)26-11-10-23-18(13-26)14-2-4-16(21)5-3-14/h2-9,12,18,23H,10-11,13H2,1H3. The molecule has 1 saturated heterocycles. The van der Waals surface area contributed by atoms with Crippen LogP contribution in [0.1, 0.15) is 11.6 Å². The van der Waals surface area contributed by atoms with Crippen LogP contribution in [0.2, 0.25) is 5.02 Å². The molecule has 0 amide bonds. The number of piperazine rings is 1. The van der Waals surface area contributed by atoms with Crippen LogP contribution in [-0.4, -0.2) is 34.2 Å². The molecule has 2 aromatic heterocycles. The summed E-state index contributed by atoms with van der Waals surface area (Å²) in [7, 11) is 1.76. The van der Waals surface area contributed by atoms with Gasteiger partial charge in [0.25, 0.3) is 5.56 Å². The number of aromatic nitrogens is 3. The predicted molar refractivity (Wildman–Crippen MR) is 107 cm³/mol. The number of nitrogens with zero attached hydrogens (tertiary/aromatic N) is 4. The Balaban J connectivity index is 1.67. The van der Waals surface area contributed by atoms with Crippen molar-refractivity contribution in [1.82, 2.24) is 19.9 Å². The van der Waals surface area contributed by atoms with Crippen molar-refractivity contribution in [2.24, 2.45) is 7.05 Å². The first-order valence-electron chi connectivity index (χ1n) is 8.84. The van der Waals surface area contributed by atoms with Gasteiger partial charge in [-0.15, -0.1) is 0 Å². The average molecular weight is 382 g/mol. The van der Waals surface area contributed by atoms with Gasteiger partial charge in [0.05, 0.1) is 5.69 Å². The van der Waals surface area contributed by atoms with E-state index in [2.05, 4.69) is 15.2 Å². The molecule has 7 heteroatoms. The van der Waals surface area contributed by atoms with Crippen molar-refractivity contribution in [2.45, 2.75) is 6.04 Å². The summed E-state index contributed by atoms with van der Waals surface area (Å²) in [6.07, 6.45) is 3.41. The molecule has 0 bridgehead atoms. The second kappa shape index (κ2) is 7.50. The molecule has 1 fully saturated rings. The van der Waals surface area contributed by atoms with E-state index in [4.69, 9.17) is 16.6 Å². The topological polar surface area (TPSA) is 63.1 Å². The predicted octanol–water partition coefficient (Wildman–Crippen LogP) is 2.65. The lowest BCUT2D eigenvalue weighted by molar-refractivity contribution is 0.462. The number of pyridine rings is 1. The smallest absolute Gasteiger partial charge is 0.255 e. The molecule has 1 atom stereocenters. The molecule has 1 N–H and O–H groups in total. The van der Waals surface area contributed by atoms with E-state index in [-0.39, 0.29) is 11.6 Å². The van der Waals surface area contributed by atoms with Gasteiger partial charge in [0, 0.05) is 61.8 Å². The fourth-order valence-electron chi connectivity index (χ4n) is 3.33. The molecule has 0 radical (unpaired) electrons. The van der Waals surface area contributed by atoms with Gasteiger partial charge in [0.15, 0.2) is 0 Å². The van der Waals surface area contributed by atoms with Crippen molar-refractivity contribution in [2.75, 3.05) is 24.5 Å². The quantitative estimate of drug-likeness (QED) is 0.755. The zero-order chi connectivity index (χ0) is 18.8. The van der Waals surface area contributed by atoms with E-state index >= 15 is 0 Å². The van der Waals surface area contributed by atoms with Crippen LogP contribution in [-0.2, 0) is 7.05 Å². The number of benzene rings is 1. The number of hydrogen-bond acceptors (Lipinski definition) is 5. The maximum atomic E-state index is 12.5. The molecule has 6 nitrogen and oxygen atoms in total. The molecule has 4 rings (SSSR count). The average Bonchev–Trinajstić information content (AvgIpc) is 2.71. The number of halogens is 1. The van der Waals surface area contributed by atoms with E-state index in [9.17, 15) is 4.79 Å². The molecule has 1 unspecified atom stereocenters. The number of rotatable bonds is 3. The largest absolute Gasteiger partial charge is 0.339 e. The van der Waals surface area contributed by atoms with Crippen LogP contribution in [0.25, 0.3) is 11.3 Å². The van der Waals surface area contributed by atoms with Crippen molar-refractivity contribution in [1.29, 1.82) is 0 Å². The second-order valence-corrected chi connectivity index (χ2v) is 7.02. The second-order valence-electron chi connectivity index (χ2n) is 6.58. The number of hydrogen-bond donors (Lipinski definition) is 1. The van der Waals surface area contributed by atoms with Gasteiger partial charge in [0.1, 0.15) is 0 Å². The normalized spacial score (nSPS) is 17.1. The Kier molecular flexibility index (Phi) is 4.92. The molecule has 27 heavy (non-hydrogen) atoms. The van der Waals surface area contributed by atoms with Crippen molar-refractivity contribution in [3.8, 4) is 11.3 Å². The maximum Gasteiger partial charge on any atom is 0.255 e. The molecule has 3 aromatic rings. The third kappa shape index (κ3) is 3.72. The first-order valence-corrected chi connectivity index (χ1v) is 9.22. The van der Waals surface area contributed by atoms with Gasteiger partial charge in [0.2, 0.25) is 5.95 Å². The van der Waals surface area contributed by atoms with Crippen LogP contribution in [0.3, 0.4) is 0 Å². The van der Waals surface area contributed by atoms with Gasteiger partial charge in [-0.2, -0.15) is 0 Å². The molecule has 138 valence electrons. The third-order valence-corrected chi connectivity index (χ3v) is 5.07. The van der Waals surface area contributed by atoms with Crippen molar-refractivity contribution in [3.63, 3.8) is 0 Å². The summed E-state index contributed by atoms with van der Waals surface area (Å²) in [4.78, 5) is 23.5. The Morgan fingerprint density at radius 2 is 1.89 bits per heavy atom. The van der Waals surface area contributed by atoms with Crippen LogP contribution in [0.4, 0.5) is 5.95 Å². The van der Waals surface area contributed by atoms with E-state index < -0.39 is 0 Å². The first-order chi connectivity index (χ1) is 13.1. The summed E-state index contributed by atoms with van der Waals surface area (Å²) in [6.45, 7) is 2.31. The van der Waals surface area contributed by atoms with E-state index in [1.54, 1.807) is 30.1 Å². The minimum absolute atomic E-state index is 0.0756. The molecule has 0 spiro atoms. The Morgan fingerprint density at radius 3 is 2.63 bits per heavy atom. The Hall–Kier alpha value is -2.70. The molecule has 1 aliphatic rings. The fraction of sp³-hybridized carbons (Fsp3) is 0.250. The monoisotopic (exact) mass is 381 g/mol. The Morgan fingerprint density at radius 1 is 1.15 bits per heavy atom. The molecule has 0 saturated carbocycles. The Labute approximate surface area is 162 Å². The summed E-state index contributed by atoms with van der Waals surface area (Å²) < 4.78 is 1.61. The highest BCUT2D eigenvalue weighted by molar-refractivity contribution is 6.30. The van der Waals surface area contributed by atoms with Crippen LogP contribution in [0.5, 0.6) is 0 Å². The van der Waals surface area contributed by atoms with Crippen LogP contribution in [0.15, 0.2) is 59.7 Å².